The number of hydrogen-bond acceptors (Lipinski definition) is 2. The Hall–Kier alpha value is -1.83. The lowest BCUT2D eigenvalue weighted by Crippen LogP contribution is -2.00. The van der Waals surface area contributed by atoms with Gasteiger partial charge in [-0.25, -0.2) is 0 Å². The number of carbonyl (C=O) groups excluding carboxylic acids is 1. The van der Waals surface area contributed by atoms with E-state index in [1.807, 2.05) is 24.3 Å². The number of allylic oxidation sites excluding steroid dienone is 3. The van der Waals surface area contributed by atoms with Gasteiger partial charge in [-0.2, -0.15) is 0 Å². The van der Waals surface area contributed by atoms with Crippen LogP contribution in [0.25, 0.3) is 6.08 Å². The van der Waals surface area contributed by atoms with E-state index in [0.717, 1.165) is 24.8 Å². The topological polar surface area (TPSA) is 43.1 Å². The molecule has 0 aromatic heterocycles. The summed E-state index contributed by atoms with van der Waals surface area (Å²) in [5, 5.41) is 0. The van der Waals surface area contributed by atoms with E-state index >= 15 is 0 Å². The molecule has 1 aromatic carbocycles. The highest BCUT2D eigenvalue weighted by atomic mass is 16.1. The van der Waals surface area contributed by atoms with Crippen LogP contribution >= 0.6 is 0 Å². The molecule has 2 N–H and O–H groups in total. The van der Waals surface area contributed by atoms with Gasteiger partial charge in [-0.1, -0.05) is 38.1 Å². The molecule has 0 bridgehead atoms. The van der Waals surface area contributed by atoms with E-state index in [2.05, 4.69) is 13.8 Å². The van der Waals surface area contributed by atoms with Crippen LogP contribution in [0.3, 0.4) is 0 Å². The van der Waals surface area contributed by atoms with Gasteiger partial charge in [-0.3, -0.25) is 4.79 Å². The molecule has 0 atom stereocenters. The Morgan fingerprint density at radius 1 is 1.06 bits per heavy atom. The van der Waals surface area contributed by atoms with Gasteiger partial charge in [0.05, 0.1) is 0 Å². The largest absolute Gasteiger partial charge is 0.398 e. The lowest BCUT2D eigenvalue weighted by molar-refractivity contribution is -0.104. The standard InChI is InChI=1S/C15H19NO/c1-3-13-12(8-6-5-7-11-17)9-10-15(16)14(13)4-2/h5-11H,3-4,16H2,1-2H3. The van der Waals surface area contributed by atoms with E-state index in [4.69, 9.17) is 5.73 Å². The second kappa shape index (κ2) is 6.69. The van der Waals surface area contributed by atoms with Crippen LogP contribution < -0.4 is 5.73 Å². The van der Waals surface area contributed by atoms with Gasteiger partial charge < -0.3 is 5.73 Å². The predicted octanol–water partition coefficient (Wildman–Crippen LogP) is 3.16. The molecule has 2 heteroatoms. The van der Waals surface area contributed by atoms with E-state index in [1.165, 1.54) is 22.8 Å². The summed E-state index contributed by atoms with van der Waals surface area (Å²) in [6, 6.07) is 3.97. The zero-order valence-electron chi connectivity index (χ0n) is 10.4. The van der Waals surface area contributed by atoms with Crippen molar-refractivity contribution in [3.63, 3.8) is 0 Å². The van der Waals surface area contributed by atoms with E-state index in [9.17, 15) is 4.79 Å². The number of nitrogen functional groups attached to an aromatic ring is 1. The molecule has 1 rings (SSSR count). The zero-order valence-corrected chi connectivity index (χ0v) is 10.4. The second-order valence-corrected chi connectivity index (χ2v) is 3.79. The van der Waals surface area contributed by atoms with Gasteiger partial charge in [0.25, 0.3) is 0 Å². The van der Waals surface area contributed by atoms with Crippen LogP contribution in [0.4, 0.5) is 5.69 Å². The van der Waals surface area contributed by atoms with Crippen molar-refractivity contribution in [3.8, 4) is 0 Å². The van der Waals surface area contributed by atoms with Gasteiger partial charge in [0, 0.05) is 5.69 Å². The van der Waals surface area contributed by atoms with Gasteiger partial charge in [-0.05, 0) is 41.7 Å². The number of nitrogens with two attached hydrogens (primary N) is 1. The number of rotatable bonds is 5. The molecule has 2 nitrogen and oxygen atoms in total. The van der Waals surface area contributed by atoms with Crippen molar-refractivity contribution in [1.29, 1.82) is 0 Å². The number of carbonyl (C=O) groups is 1. The summed E-state index contributed by atoms with van der Waals surface area (Å²) in [4.78, 5) is 10.1. The van der Waals surface area contributed by atoms with Crippen LogP contribution in [-0.4, -0.2) is 6.29 Å². The highest BCUT2D eigenvalue weighted by Crippen LogP contribution is 2.23. The smallest absolute Gasteiger partial charge is 0.142 e. The van der Waals surface area contributed by atoms with Gasteiger partial charge in [0.2, 0.25) is 0 Å². The van der Waals surface area contributed by atoms with Crippen LogP contribution in [0, 0.1) is 0 Å². The number of hydrogen-bond donors (Lipinski definition) is 1. The molecule has 0 fully saturated rings. The lowest BCUT2D eigenvalue weighted by Gasteiger charge is -2.12. The van der Waals surface area contributed by atoms with Gasteiger partial charge in [0.1, 0.15) is 6.29 Å². The fourth-order valence-electron chi connectivity index (χ4n) is 1.99. The first kappa shape index (κ1) is 13.2. The van der Waals surface area contributed by atoms with E-state index in [0.29, 0.717) is 0 Å². The SMILES string of the molecule is CCc1c(N)ccc(C=CC=CC=O)c1CC. The molecule has 0 spiro atoms. The van der Waals surface area contributed by atoms with Crippen molar-refractivity contribution in [2.75, 3.05) is 5.73 Å². The van der Waals surface area contributed by atoms with E-state index < -0.39 is 0 Å². The molecule has 0 heterocycles. The molecule has 0 saturated heterocycles. The summed E-state index contributed by atoms with van der Waals surface area (Å²) >= 11 is 0. The normalized spacial score (nSPS) is 11.4. The Bertz CT molecular complexity index is 444. The Labute approximate surface area is 103 Å². The predicted molar refractivity (Wildman–Crippen MR) is 73.8 cm³/mol. The first-order valence-corrected chi connectivity index (χ1v) is 5.93. The van der Waals surface area contributed by atoms with Crippen LogP contribution in [0.2, 0.25) is 0 Å². The summed E-state index contributed by atoms with van der Waals surface area (Å²) in [5.41, 5.74) is 10.5. The van der Waals surface area contributed by atoms with Gasteiger partial charge in [0.15, 0.2) is 0 Å². The Kier molecular flexibility index (Phi) is 5.21. The third-order valence-electron chi connectivity index (χ3n) is 2.79. The Morgan fingerprint density at radius 2 is 1.76 bits per heavy atom. The average Bonchev–Trinajstić information content (AvgIpc) is 2.35. The van der Waals surface area contributed by atoms with Crippen molar-refractivity contribution < 1.29 is 4.79 Å². The summed E-state index contributed by atoms with van der Waals surface area (Å²) in [7, 11) is 0. The molecule has 90 valence electrons. The lowest BCUT2D eigenvalue weighted by atomic mass is 9.95. The monoisotopic (exact) mass is 229 g/mol. The maximum Gasteiger partial charge on any atom is 0.142 e. The number of aldehydes is 1. The molecule has 0 aliphatic carbocycles. The minimum absolute atomic E-state index is 0.769. The molecule has 0 aliphatic heterocycles. The average molecular weight is 229 g/mol. The number of benzene rings is 1. The van der Waals surface area contributed by atoms with E-state index in [-0.39, 0.29) is 0 Å². The second-order valence-electron chi connectivity index (χ2n) is 3.79. The molecule has 0 radical (unpaired) electrons. The van der Waals surface area contributed by atoms with Gasteiger partial charge >= 0.3 is 0 Å². The Morgan fingerprint density at radius 3 is 2.35 bits per heavy atom. The first-order chi connectivity index (χ1) is 8.24. The van der Waals surface area contributed by atoms with Crippen molar-refractivity contribution >= 4 is 18.0 Å². The third kappa shape index (κ3) is 3.31. The molecule has 0 saturated carbocycles. The molecule has 0 unspecified atom stereocenters. The molecule has 1 aromatic rings. The van der Waals surface area contributed by atoms with Crippen LogP contribution in [0.15, 0.2) is 30.4 Å². The molecular weight excluding hydrogens is 210 g/mol. The maximum absolute atomic E-state index is 10.1. The zero-order chi connectivity index (χ0) is 12.7. The van der Waals surface area contributed by atoms with Gasteiger partial charge in [-0.15, -0.1) is 0 Å². The fourth-order valence-corrected chi connectivity index (χ4v) is 1.99. The minimum Gasteiger partial charge on any atom is -0.398 e. The maximum atomic E-state index is 10.1. The summed E-state index contributed by atoms with van der Waals surface area (Å²) in [6.07, 6.45) is 9.77. The van der Waals surface area contributed by atoms with Crippen molar-refractivity contribution in [3.05, 3.63) is 47.1 Å². The quantitative estimate of drug-likeness (QED) is 0.365. The van der Waals surface area contributed by atoms with Crippen molar-refractivity contribution in [1.82, 2.24) is 0 Å². The highest BCUT2D eigenvalue weighted by molar-refractivity contribution is 5.67. The summed E-state index contributed by atoms with van der Waals surface area (Å²) in [6.45, 7) is 4.25. The van der Waals surface area contributed by atoms with Crippen LogP contribution in [0.1, 0.15) is 30.5 Å². The van der Waals surface area contributed by atoms with Crippen molar-refractivity contribution in [2.45, 2.75) is 26.7 Å². The molecule has 0 aliphatic rings. The number of anilines is 1. The molecule has 17 heavy (non-hydrogen) atoms. The van der Waals surface area contributed by atoms with E-state index in [1.54, 1.807) is 6.08 Å². The highest BCUT2D eigenvalue weighted by Gasteiger charge is 2.06. The third-order valence-corrected chi connectivity index (χ3v) is 2.79. The molecule has 0 amide bonds. The summed E-state index contributed by atoms with van der Waals surface area (Å²) < 4.78 is 0. The van der Waals surface area contributed by atoms with Crippen LogP contribution in [-0.2, 0) is 17.6 Å². The first-order valence-electron chi connectivity index (χ1n) is 5.93. The Balaban J connectivity index is 3.11. The fraction of sp³-hybridized carbons (Fsp3) is 0.267. The van der Waals surface area contributed by atoms with Crippen LogP contribution in [0.5, 0.6) is 0 Å². The molecular formula is C15H19NO. The minimum atomic E-state index is 0.769. The van der Waals surface area contributed by atoms with Crippen molar-refractivity contribution in [2.24, 2.45) is 0 Å². The summed E-state index contributed by atoms with van der Waals surface area (Å²) in [5.74, 6) is 0.